The van der Waals surface area contributed by atoms with Crippen molar-refractivity contribution >= 4 is 0 Å². The third-order valence-corrected chi connectivity index (χ3v) is 3.86. The molecule has 5 heteroatoms. The number of benzene rings is 1. The minimum Gasteiger partial charge on any atom is -0.490 e. The molecule has 0 radical (unpaired) electrons. The first-order valence-electron chi connectivity index (χ1n) is 7.63. The highest BCUT2D eigenvalue weighted by Crippen LogP contribution is 2.30. The minimum atomic E-state index is -0.694. The van der Waals surface area contributed by atoms with Gasteiger partial charge in [0, 0.05) is 18.5 Å². The molecule has 1 aromatic heterocycles. The van der Waals surface area contributed by atoms with Gasteiger partial charge in [0.2, 0.25) is 5.88 Å². The van der Waals surface area contributed by atoms with E-state index in [2.05, 4.69) is 9.97 Å². The molecule has 1 N–H and O–H groups in total. The lowest BCUT2D eigenvalue weighted by Crippen LogP contribution is -2.37. The van der Waals surface area contributed by atoms with Crippen LogP contribution in [0.5, 0.6) is 17.4 Å². The van der Waals surface area contributed by atoms with Crippen LogP contribution >= 0.6 is 0 Å². The van der Waals surface area contributed by atoms with Gasteiger partial charge in [-0.25, -0.2) is 4.98 Å². The topological polar surface area (TPSA) is 64.5 Å². The van der Waals surface area contributed by atoms with Gasteiger partial charge in [0.1, 0.15) is 18.1 Å². The van der Waals surface area contributed by atoms with Crippen molar-refractivity contribution in [2.75, 3.05) is 6.61 Å². The van der Waals surface area contributed by atoms with Crippen LogP contribution < -0.4 is 9.47 Å². The number of hydrogen-bond acceptors (Lipinski definition) is 5. The van der Waals surface area contributed by atoms with E-state index in [1.54, 1.807) is 24.7 Å². The molecule has 0 unspecified atom stereocenters. The third kappa shape index (κ3) is 3.95. The van der Waals surface area contributed by atoms with E-state index < -0.39 is 5.60 Å². The Morgan fingerprint density at radius 3 is 2.68 bits per heavy atom. The van der Waals surface area contributed by atoms with E-state index in [0.29, 0.717) is 24.0 Å². The van der Waals surface area contributed by atoms with Gasteiger partial charge in [-0.15, -0.1) is 0 Å². The van der Waals surface area contributed by atoms with Crippen molar-refractivity contribution in [1.29, 1.82) is 0 Å². The highest BCUT2D eigenvalue weighted by atomic mass is 16.5. The van der Waals surface area contributed by atoms with Crippen LogP contribution in [0.2, 0.25) is 0 Å². The summed E-state index contributed by atoms with van der Waals surface area (Å²) in [5.74, 6) is 1.75. The van der Waals surface area contributed by atoms with Crippen LogP contribution in [-0.4, -0.2) is 27.3 Å². The molecule has 0 atom stereocenters. The minimum absolute atomic E-state index is 0.321. The molecule has 0 spiro atoms. The number of ether oxygens (including phenoxy) is 2. The van der Waals surface area contributed by atoms with Crippen molar-refractivity contribution in [3.63, 3.8) is 0 Å². The lowest BCUT2D eigenvalue weighted by molar-refractivity contribution is -0.0339. The molecular weight excluding hydrogens is 280 g/mol. The van der Waals surface area contributed by atoms with E-state index in [-0.39, 0.29) is 0 Å². The van der Waals surface area contributed by atoms with Gasteiger partial charge in [-0.3, -0.25) is 4.98 Å². The maximum Gasteiger partial charge on any atom is 0.237 e. The van der Waals surface area contributed by atoms with Gasteiger partial charge < -0.3 is 14.6 Å². The molecule has 1 aromatic carbocycles. The quantitative estimate of drug-likeness (QED) is 0.917. The molecular formula is C17H20N2O3. The second kappa shape index (κ2) is 6.75. The Balaban J connectivity index is 1.61. The summed E-state index contributed by atoms with van der Waals surface area (Å²) in [6.45, 7) is 0.321. The molecule has 1 heterocycles. The Morgan fingerprint density at radius 2 is 1.91 bits per heavy atom. The molecule has 22 heavy (non-hydrogen) atoms. The van der Waals surface area contributed by atoms with E-state index in [0.717, 1.165) is 25.7 Å². The first-order valence-corrected chi connectivity index (χ1v) is 7.63. The van der Waals surface area contributed by atoms with E-state index in [1.807, 2.05) is 18.2 Å². The van der Waals surface area contributed by atoms with Crippen molar-refractivity contribution in [1.82, 2.24) is 9.97 Å². The number of nitrogens with zero attached hydrogens (tertiary/aromatic N) is 2. The van der Waals surface area contributed by atoms with Gasteiger partial charge in [-0.1, -0.05) is 25.3 Å². The maximum atomic E-state index is 10.5. The van der Waals surface area contributed by atoms with Gasteiger partial charge in [0.15, 0.2) is 0 Å². The lowest BCUT2D eigenvalue weighted by atomic mass is 9.85. The number of hydrogen-bond donors (Lipinski definition) is 1. The van der Waals surface area contributed by atoms with Crippen LogP contribution in [0.4, 0.5) is 0 Å². The summed E-state index contributed by atoms with van der Waals surface area (Å²) >= 11 is 0. The molecule has 0 amide bonds. The van der Waals surface area contributed by atoms with Crippen LogP contribution in [0.15, 0.2) is 42.9 Å². The van der Waals surface area contributed by atoms with Gasteiger partial charge in [-0.05, 0) is 25.0 Å². The van der Waals surface area contributed by atoms with Gasteiger partial charge in [-0.2, -0.15) is 0 Å². The molecule has 5 nitrogen and oxygen atoms in total. The normalized spacial score (nSPS) is 17.0. The summed E-state index contributed by atoms with van der Waals surface area (Å²) in [6, 6.07) is 7.33. The second-order valence-electron chi connectivity index (χ2n) is 5.69. The van der Waals surface area contributed by atoms with Gasteiger partial charge in [0.05, 0.1) is 11.8 Å². The van der Waals surface area contributed by atoms with Crippen LogP contribution in [0, 0.1) is 0 Å². The highest BCUT2D eigenvalue weighted by Gasteiger charge is 2.29. The average molecular weight is 300 g/mol. The monoisotopic (exact) mass is 300 g/mol. The van der Waals surface area contributed by atoms with Crippen LogP contribution in [-0.2, 0) is 0 Å². The Hall–Kier alpha value is -2.14. The van der Waals surface area contributed by atoms with Crippen molar-refractivity contribution in [3.05, 3.63) is 42.9 Å². The molecule has 1 aliphatic carbocycles. The first-order chi connectivity index (χ1) is 10.7. The summed E-state index contributed by atoms with van der Waals surface area (Å²) in [4.78, 5) is 8.03. The fourth-order valence-corrected chi connectivity index (χ4v) is 2.66. The second-order valence-corrected chi connectivity index (χ2v) is 5.69. The van der Waals surface area contributed by atoms with Crippen molar-refractivity contribution < 1.29 is 14.6 Å². The molecule has 1 fully saturated rings. The molecule has 3 rings (SSSR count). The predicted octanol–water partition coefficient (Wildman–Crippen LogP) is 3.34. The van der Waals surface area contributed by atoms with E-state index in [9.17, 15) is 5.11 Å². The number of rotatable bonds is 5. The van der Waals surface area contributed by atoms with Crippen LogP contribution in [0.3, 0.4) is 0 Å². The zero-order valence-electron chi connectivity index (χ0n) is 12.4. The molecule has 2 aromatic rings. The van der Waals surface area contributed by atoms with E-state index in [4.69, 9.17) is 9.47 Å². The Morgan fingerprint density at radius 1 is 1.09 bits per heavy atom. The van der Waals surface area contributed by atoms with Crippen molar-refractivity contribution in [2.45, 2.75) is 37.7 Å². The van der Waals surface area contributed by atoms with Crippen molar-refractivity contribution in [3.8, 4) is 17.4 Å². The smallest absolute Gasteiger partial charge is 0.237 e. The fraction of sp³-hybridized carbons (Fsp3) is 0.412. The molecule has 0 saturated heterocycles. The Labute approximate surface area is 129 Å². The highest BCUT2D eigenvalue weighted by molar-refractivity contribution is 5.34. The fourth-order valence-electron chi connectivity index (χ4n) is 2.66. The summed E-state index contributed by atoms with van der Waals surface area (Å²) in [6.07, 6.45) is 9.67. The average Bonchev–Trinajstić information content (AvgIpc) is 2.55. The summed E-state index contributed by atoms with van der Waals surface area (Å²) in [5, 5.41) is 10.5. The standard InChI is InChI=1S/C17H20N2O3/c20-17(7-2-1-3-8-17)13-21-14-5-4-6-15(11-14)22-16-12-18-9-10-19-16/h4-6,9-12,20H,1-3,7-8,13H2. The SMILES string of the molecule is OC1(COc2cccc(Oc3cnccn3)c2)CCCCC1. The largest absolute Gasteiger partial charge is 0.490 e. The van der Waals surface area contributed by atoms with Crippen molar-refractivity contribution in [2.24, 2.45) is 0 Å². The predicted molar refractivity (Wildman–Crippen MR) is 82.1 cm³/mol. The van der Waals surface area contributed by atoms with E-state index in [1.165, 1.54) is 6.42 Å². The maximum absolute atomic E-state index is 10.5. The summed E-state index contributed by atoms with van der Waals surface area (Å²) in [5.41, 5.74) is -0.694. The Kier molecular flexibility index (Phi) is 4.53. The molecule has 1 saturated carbocycles. The lowest BCUT2D eigenvalue weighted by Gasteiger charge is -2.31. The van der Waals surface area contributed by atoms with Crippen LogP contribution in [0.1, 0.15) is 32.1 Å². The third-order valence-electron chi connectivity index (χ3n) is 3.86. The molecule has 1 aliphatic rings. The van der Waals surface area contributed by atoms with Gasteiger partial charge >= 0.3 is 0 Å². The molecule has 0 aliphatic heterocycles. The van der Waals surface area contributed by atoms with Gasteiger partial charge in [0.25, 0.3) is 0 Å². The summed E-state index contributed by atoms with van der Waals surface area (Å²) in [7, 11) is 0. The first kappa shape index (κ1) is 14.8. The molecule has 116 valence electrons. The Bertz CT molecular complexity index is 598. The van der Waals surface area contributed by atoms with Crippen LogP contribution in [0.25, 0.3) is 0 Å². The summed E-state index contributed by atoms with van der Waals surface area (Å²) < 4.78 is 11.4. The zero-order valence-corrected chi connectivity index (χ0v) is 12.4. The number of aromatic nitrogens is 2. The zero-order chi connectivity index (χ0) is 15.3. The number of aliphatic hydroxyl groups is 1. The molecule has 0 bridgehead atoms. The van der Waals surface area contributed by atoms with E-state index >= 15 is 0 Å².